The van der Waals surface area contributed by atoms with Crippen molar-refractivity contribution < 1.29 is 14.3 Å². The number of amidine groups is 1. The molecule has 1 aliphatic heterocycles. The van der Waals surface area contributed by atoms with E-state index in [-0.39, 0.29) is 5.91 Å². The number of aliphatic imine (C=N–C) groups is 1. The van der Waals surface area contributed by atoms with Gasteiger partial charge in [-0.15, -0.1) is 0 Å². The van der Waals surface area contributed by atoms with Crippen molar-refractivity contribution in [1.29, 1.82) is 0 Å². The van der Waals surface area contributed by atoms with Crippen LogP contribution in [-0.2, 0) is 27.4 Å². The van der Waals surface area contributed by atoms with E-state index >= 15 is 0 Å². The lowest BCUT2D eigenvalue weighted by Gasteiger charge is -2.15. The number of hydrogen-bond donors (Lipinski definition) is 0. The van der Waals surface area contributed by atoms with Gasteiger partial charge in [0, 0.05) is 6.08 Å². The second kappa shape index (κ2) is 8.49. The molecule has 1 heterocycles. The van der Waals surface area contributed by atoms with E-state index in [1.807, 2.05) is 60.7 Å². The molecule has 1 aliphatic rings. The summed E-state index contributed by atoms with van der Waals surface area (Å²) in [6.45, 7) is 0.867. The van der Waals surface area contributed by atoms with Crippen LogP contribution in [0.15, 0.2) is 76.6 Å². The van der Waals surface area contributed by atoms with Crippen molar-refractivity contribution in [3.8, 4) is 0 Å². The summed E-state index contributed by atoms with van der Waals surface area (Å²) in [7, 11) is 1.29. The van der Waals surface area contributed by atoms with Crippen molar-refractivity contribution in [2.45, 2.75) is 13.1 Å². The van der Waals surface area contributed by atoms with Crippen LogP contribution >= 0.6 is 11.8 Å². The van der Waals surface area contributed by atoms with E-state index in [1.54, 1.807) is 4.90 Å². The van der Waals surface area contributed by atoms with E-state index in [4.69, 9.17) is 0 Å². The van der Waals surface area contributed by atoms with Gasteiger partial charge >= 0.3 is 5.97 Å². The molecule has 1 saturated heterocycles. The molecule has 0 saturated carbocycles. The molecule has 2 aromatic carbocycles. The Morgan fingerprint density at radius 2 is 1.69 bits per heavy atom. The van der Waals surface area contributed by atoms with Gasteiger partial charge in [0.2, 0.25) is 0 Å². The lowest BCUT2D eigenvalue weighted by molar-refractivity contribution is -0.135. The van der Waals surface area contributed by atoms with Gasteiger partial charge in [0.25, 0.3) is 5.91 Å². The minimum atomic E-state index is -0.551. The minimum absolute atomic E-state index is 0.240. The summed E-state index contributed by atoms with van der Waals surface area (Å²) in [5.41, 5.74) is 2.05. The molecule has 6 heteroatoms. The summed E-state index contributed by atoms with van der Waals surface area (Å²) < 4.78 is 4.64. The van der Waals surface area contributed by atoms with E-state index in [0.717, 1.165) is 11.1 Å². The first-order valence-electron chi connectivity index (χ1n) is 8.09. The zero-order chi connectivity index (χ0) is 18.4. The summed E-state index contributed by atoms with van der Waals surface area (Å²) in [5.74, 6) is -0.791. The predicted molar refractivity (Wildman–Crippen MR) is 102 cm³/mol. The quantitative estimate of drug-likeness (QED) is 0.601. The lowest BCUT2D eigenvalue weighted by Crippen LogP contribution is -2.28. The first-order chi connectivity index (χ1) is 12.7. The smallest absolute Gasteiger partial charge is 0.331 e. The molecule has 1 fully saturated rings. The lowest BCUT2D eigenvalue weighted by atomic mass is 10.2. The van der Waals surface area contributed by atoms with Crippen molar-refractivity contribution in [1.82, 2.24) is 4.90 Å². The average Bonchev–Trinajstić information content (AvgIpc) is 2.97. The minimum Gasteiger partial charge on any atom is -0.466 e. The number of thioether (sulfide) groups is 1. The second-order valence-corrected chi connectivity index (χ2v) is 6.60. The number of nitrogens with zero attached hydrogens (tertiary/aromatic N) is 2. The van der Waals surface area contributed by atoms with Gasteiger partial charge < -0.3 is 4.74 Å². The Bertz CT molecular complexity index is 848. The van der Waals surface area contributed by atoms with Gasteiger partial charge in [0.1, 0.15) is 0 Å². The molecule has 1 amide bonds. The Labute approximate surface area is 156 Å². The number of hydrogen-bond acceptors (Lipinski definition) is 5. The zero-order valence-corrected chi connectivity index (χ0v) is 15.1. The van der Waals surface area contributed by atoms with Crippen molar-refractivity contribution in [3.05, 3.63) is 82.8 Å². The predicted octanol–water partition coefficient (Wildman–Crippen LogP) is 3.38. The molecule has 3 rings (SSSR count). The molecule has 5 nitrogen and oxygen atoms in total. The Morgan fingerprint density at radius 1 is 1.08 bits per heavy atom. The number of benzene rings is 2. The standard InChI is InChI=1S/C20H18N2O3S/c1-25-18(23)12-17-19(24)22(14-16-10-6-3-7-11-16)20(26-17)21-13-15-8-4-2-5-9-15/h2-12H,13-14H2,1H3. The van der Waals surface area contributed by atoms with E-state index in [2.05, 4.69) is 9.73 Å². The highest BCUT2D eigenvalue weighted by Crippen LogP contribution is 2.32. The number of amides is 1. The monoisotopic (exact) mass is 366 g/mol. The highest BCUT2D eigenvalue weighted by molar-refractivity contribution is 8.18. The fraction of sp³-hybridized carbons (Fsp3) is 0.150. The molecule has 2 aromatic rings. The van der Waals surface area contributed by atoms with E-state index in [9.17, 15) is 9.59 Å². The van der Waals surface area contributed by atoms with E-state index in [0.29, 0.717) is 23.2 Å². The van der Waals surface area contributed by atoms with Crippen molar-refractivity contribution in [2.24, 2.45) is 4.99 Å². The third kappa shape index (κ3) is 4.40. The van der Waals surface area contributed by atoms with Crippen molar-refractivity contribution in [3.63, 3.8) is 0 Å². The van der Waals surface area contributed by atoms with Crippen LogP contribution in [-0.4, -0.2) is 29.1 Å². The maximum Gasteiger partial charge on any atom is 0.331 e. The number of rotatable bonds is 5. The summed E-state index contributed by atoms with van der Waals surface area (Å²) >= 11 is 1.20. The molecule has 0 atom stereocenters. The van der Waals surface area contributed by atoms with Crippen LogP contribution in [0.3, 0.4) is 0 Å². The van der Waals surface area contributed by atoms with Gasteiger partial charge in [-0.2, -0.15) is 0 Å². The van der Waals surface area contributed by atoms with Gasteiger partial charge in [-0.05, 0) is 22.9 Å². The van der Waals surface area contributed by atoms with Crippen LogP contribution < -0.4 is 0 Å². The van der Waals surface area contributed by atoms with Gasteiger partial charge in [-0.1, -0.05) is 60.7 Å². The number of methoxy groups -OCH3 is 1. The Hall–Kier alpha value is -2.86. The normalized spacial score (nSPS) is 17.1. The SMILES string of the molecule is COC(=O)C=C1SC(=NCc2ccccc2)N(Cc2ccccc2)C1=O. The second-order valence-electron chi connectivity index (χ2n) is 5.60. The zero-order valence-electron chi connectivity index (χ0n) is 14.3. The first kappa shape index (κ1) is 17.9. The number of carbonyl (C=O) groups is 2. The van der Waals surface area contributed by atoms with Gasteiger partial charge in [-0.3, -0.25) is 14.7 Å². The molecular weight excluding hydrogens is 348 g/mol. The molecule has 132 valence electrons. The summed E-state index contributed by atoms with van der Waals surface area (Å²) in [4.78, 5) is 30.8. The van der Waals surface area contributed by atoms with E-state index < -0.39 is 5.97 Å². The average molecular weight is 366 g/mol. The van der Waals surface area contributed by atoms with E-state index in [1.165, 1.54) is 24.9 Å². The van der Waals surface area contributed by atoms with Crippen LogP contribution in [0, 0.1) is 0 Å². The number of carbonyl (C=O) groups excluding carboxylic acids is 2. The van der Waals surface area contributed by atoms with Gasteiger partial charge in [0.15, 0.2) is 5.17 Å². The summed E-state index contributed by atoms with van der Waals surface area (Å²) in [6.07, 6.45) is 1.22. The number of esters is 1. The van der Waals surface area contributed by atoms with Crippen LogP contribution in [0.25, 0.3) is 0 Å². The topological polar surface area (TPSA) is 59.0 Å². The Balaban J connectivity index is 1.86. The molecule has 0 spiro atoms. The van der Waals surface area contributed by atoms with Crippen LogP contribution in [0.1, 0.15) is 11.1 Å². The van der Waals surface area contributed by atoms with Gasteiger partial charge in [0.05, 0.1) is 25.1 Å². The molecule has 0 unspecified atom stereocenters. The maximum atomic E-state index is 12.7. The largest absolute Gasteiger partial charge is 0.466 e. The Morgan fingerprint density at radius 3 is 2.31 bits per heavy atom. The van der Waals surface area contributed by atoms with Crippen LogP contribution in [0.5, 0.6) is 0 Å². The van der Waals surface area contributed by atoms with Gasteiger partial charge in [-0.25, -0.2) is 4.79 Å². The number of ether oxygens (including phenoxy) is 1. The molecule has 0 radical (unpaired) electrons. The molecule has 0 aliphatic carbocycles. The summed E-state index contributed by atoms with van der Waals surface area (Å²) in [5, 5.41) is 0.581. The molecule has 0 N–H and O–H groups in total. The van der Waals surface area contributed by atoms with Crippen molar-refractivity contribution in [2.75, 3.05) is 7.11 Å². The maximum absolute atomic E-state index is 12.7. The third-order valence-corrected chi connectivity index (χ3v) is 4.81. The fourth-order valence-electron chi connectivity index (χ4n) is 2.44. The molecule has 0 bridgehead atoms. The first-order valence-corrected chi connectivity index (χ1v) is 8.90. The van der Waals surface area contributed by atoms with Crippen LogP contribution in [0.2, 0.25) is 0 Å². The fourth-order valence-corrected chi connectivity index (χ4v) is 3.38. The van der Waals surface area contributed by atoms with Crippen molar-refractivity contribution >= 4 is 28.8 Å². The highest BCUT2D eigenvalue weighted by atomic mass is 32.2. The van der Waals surface area contributed by atoms with Crippen LogP contribution in [0.4, 0.5) is 0 Å². The Kier molecular flexibility index (Phi) is 5.86. The molecule has 0 aromatic heterocycles. The summed E-state index contributed by atoms with van der Waals surface area (Å²) in [6, 6.07) is 19.5. The highest BCUT2D eigenvalue weighted by Gasteiger charge is 2.33. The molecule has 26 heavy (non-hydrogen) atoms. The third-order valence-electron chi connectivity index (χ3n) is 3.76. The molecular formula is C20H18N2O3S.